The molecule has 1 aromatic rings. The molecule has 0 atom stereocenters. The Morgan fingerprint density at radius 2 is 2.12 bits per heavy atom. The molecule has 92 valence electrons. The van der Waals surface area contributed by atoms with Gasteiger partial charge in [0.05, 0.1) is 23.5 Å². The smallest absolute Gasteiger partial charge is 0.237 e. The Morgan fingerprint density at radius 1 is 1.41 bits per heavy atom. The van der Waals surface area contributed by atoms with Crippen LogP contribution in [0.15, 0.2) is 12.3 Å². The van der Waals surface area contributed by atoms with Crippen LogP contribution < -0.4 is 10.5 Å². The first-order chi connectivity index (χ1) is 7.92. The topological polar surface area (TPSA) is 81.2 Å². The van der Waals surface area contributed by atoms with Gasteiger partial charge in [-0.2, -0.15) is 5.26 Å². The zero-order valence-corrected chi connectivity index (χ0v) is 10.4. The van der Waals surface area contributed by atoms with Gasteiger partial charge in [-0.25, -0.2) is 4.98 Å². The molecule has 5 heteroatoms. The fourth-order valence-electron chi connectivity index (χ4n) is 1.14. The van der Waals surface area contributed by atoms with Gasteiger partial charge in [0.25, 0.3) is 0 Å². The molecule has 0 amide bonds. The highest BCUT2D eigenvalue weighted by Gasteiger charge is 2.10. The second-order valence-electron chi connectivity index (χ2n) is 4.54. The Hall–Kier alpha value is -1.80. The van der Waals surface area contributed by atoms with E-state index in [1.807, 2.05) is 26.8 Å². The standard InChI is InChI=1S/C12H17N3O2/c1-12(2,3)17-5-4-16-11-10(14)6-9(7-13)8-15-11/h6,8H,4-5,14H2,1-3H3. The maximum Gasteiger partial charge on any atom is 0.237 e. The zero-order chi connectivity index (χ0) is 12.9. The number of nitrogens with two attached hydrogens (primary N) is 1. The molecule has 0 spiro atoms. The number of anilines is 1. The summed E-state index contributed by atoms with van der Waals surface area (Å²) < 4.78 is 10.9. The molecule has 0 aliphatic rings. The Morgan fingerprint density at radius 3 is 2.65 bits per heavy atom. The summed E-state index contributed by atoms with van der Waals surface area (Å²) >= 11 is 0. The molecule has 0 aromatic carbocycles. The van der Waals surface area contributed by atoms with E-state index in [9.17, 15) is 0 Å². The van der Waals surface area contributed by atoms with Crippen molar-refractivity contribution in [2.75, 3.05) is 18.9 Å². The Balaban J connectivity index is 2.45. The van der Waals surface area contributed by atoms with Crippen LogP contribution in [0.5, 0.6) is 5.88 Å². The number of pyridine rings is 1. The van der Waals surface area contributed by atoms with E-state index in [1.165, 1.54) is 12.3 Å². The molecular formula is C12H17N3O2. The molecule has 0 radical (unpaired) electrons. The molecule has 17 heavy (non-hydrogen) atoms. The lowest BCUT2D eigenvalue weighted by molar-refractivity contribution is -0.0167. The van der Waals surface area contributed by atoms with Crippen LogP contribution in [-0.2, 0) is 4.74 Å². The summed E-state index contributed by atoms with van der Waals surface area (Å²) in [6.07, 6.45) is 1.43. The van der Waals surface area contributed by atoms with E-state index in [0.717, 1.165) is 0 Å². The Bertz CT molecular complexity index is 419. The minimum absolute atomic E-state index is 0.188. The van der Waals surface area contributed by atoms with E-state index in [4.69, 9.17) is 20.5 Å². The van der Waals surface area contributed by atoms with Crippen LogP contribution in [0, 0.1) is 11.3 Å². The van der Waals surface area contributed by atoms with Gasteiger partial charge in [0.1, 0.15) is 12.7 Å². The number of nitrogen functional groups attached to an aromatic ring is 1. The number of nitrogens with zero attached hydrogens (tertiary/aromatic N) is 2. The predicted octanol–water partition coefficient (Wildman–Crippen LogP) is 1.73. The van der Waals surface area contributed by atoms with E-state index in [-0.39, 0.29) is 5.60 Å². The van der Waals surface area contributed by atoms with Gasteiger partial charge in [-0.15, -0.1) is 0 Å². The molecule has 0 unspecified atom stereocenters. The minimum atomic E-state index is -0.188. The molecule has 0 fully saturated rings. The van der Waals surface area contributed by atoms with Crippen LogP contribution in [0.4, 0.5) is 5.69 Å². The first-order valence-electron chi connectivity index (χ1n) is 5.35. The number of aromatic nitrogens is 1. The molecular weight excluding hydrogens is 218 g/mol. The van der Waals surface area contributed by atoms with Crippen LogP contribution in [0.1, 0.15) is 26.3 Å². The lowest BCUT2D eigenvalue weighted by atomic mass is 10.2. The molecule has 0 bridgehead atoms. The van der Waals surface area contributed by atoms with Crippen LogP contribution >= 0.6 is 0 Å². The fraction of sp³-hybridized carbons (Fsp3) is 0.500. The van der Waals surface area contributed by atoms with Crippen LogP contribution in [-0.4, -0.2) is 23.8 Å². The molecule has 1 aromatic heterocycles. The highest BCUT2D eigenvalue weighted by atomic mass is 16.5. The average Bonchev–Trinajstić information content (AvgIpc) is 2.24. The summed E-state index contributed by atoms with van der Waals surface area (Å²) in [4.78, 5) is 3.96. The van der Waals surface area contributed by atoms with Gasteiger partial charge in [0, 0.05) is 6.20 Å². The summed E-state index contributed by atoms with van der Waals surface area (Å²) in [6.45, 7) is 6.76. The van der Waals surface area contributed by atoms with Gasteiger partial charge in [0.15, 0.2) is 0 Å². The van der Waals surface area contributed by atoms with E-state index in [1.54, 1.807) is 0 Å². The highest BCUT2D eigenvalue weighted by Crippen LogP contribution is 2.18. The molecule has 1 heterocycles. The zero-order valence-electron chi connectivity index (χ0n) is 10.4. The highest BCUT2D eigenvalue weighted by molar-refractivity contribution is 5.51. The number of rotatable bonds is 4. The van der Waals surface area contributed by atoms with E-state index < -0.39 is 0 Å². The van der Waals surface area contributed by atoms with Gasteiger partial charge in [-0.05, 0) is 26.8 Å². The average molecular weight is 235 g/mol. The summed E-state index contributed by atoms with van der Waals surface area (Å²) in [5.74, 6) is 0.335. The Labute approximate surface area is 101 Å². The van der Waals surface area contributed by atoms with Crippen molar-refractivity contribution in [3.8, 4) is 11.9 Å². The third kappa shape index (κ3) is 4.70. The van der Waals surface area contributed by atoms with Crippen molar-refractivity contribution in [1.82, 2.24) is 4.98 Å². The molecule has 0 saturated carbocycles. The van der Waals surface area contributed by atoms with Crippen molar-refractivity contribution in [1.29, 1.82) is 5.26 Å². The SMILES string of the molecule is CC(C)(C)OCCOc1ncc(C#N)cc1N. The fourth-order valence-corrected chi connectivity index (χ4v) is 1.14. The summed E-state index contributed by atoms with van der Waals surface area (Å²) in [7, 11) is 0. The third-order valence-corrected chi connectivity index (χ3v) is 1.87. The van der Waals surface area contributed by atoms with Crippen molar-refractivity contribution in [2.24, 2.45) is 0 Å². The van der Waals surface area contributed by atoms with Crippen molar-refractivity contribution < 1.29 is 9.47 Å². The number of nitriles is 1. The van der Waals surface area contributed by atoms with Crippen molar-refractivity contribution in [3.63, 3.8) is 0 Å². The second-order valence-corrected chi connectivity index (χ2v) is 4.54. The summed E-state index contributed by atoms with van der Waals surface area (Å²) in [6, 6.07) is 3.49. The van der Waals surface area contributed by atoms with E-state index in [2.05, 4.69) is 4.98 Å². The first kappa shape index (κ1) is 13.3. The van der Waals surface area contributed by atoms with Crippen LogP contribution in [0.2, 0.25) is 0 Å². The molecule has 2 N–H and O–H groups in total. The van der Waals surface area contributed by atoms with Crippen LogP contribution in [0.3, 0.4) is 0 Å². The number of ether oxygens (including phenoxy) is 2. The molecule has 1 rings (SSSR count). The second kappa shape index (κ2) is 5.51. The normalized spacial score (nSPS) is 10.9. The predicted molar refractivity (Wildman–Crippen MR) is 64.6 cm³/mol. The van der Waals surface area contributed by atoms with Gasteiger partial charge < -0.3 is 15.2 Å². The maximum atomic E-state index is 8.65. The lowest BCUT2D eigenvalue weighted by Crippen LogP contribution is -2.22. The molecule has 5 nitrogen and oxygen atoms in total. The monoisotopic (exact) mass is 235 g/mol. The van der Waals surface area contributed by atoms with Gasteiger partial charge in [-0.1, -0.05) is 0 Å². The van der Waals surface area contributed by atoms with Gasteiger partial charge in [-0.3, -0.25) is 0 Å². The molecule has 0 saturated heterocycles. The van der Waals surface area contributed by atoms with Gasteiger partial charge in [0.2, 0.25) is 5.88 Å². The Kier molecular flexibility index (Phi) is 4.30. The minimum Gasteiger partial charge on any atom is -0.474 e. The van der Waals surface area contributed by atoms with Crippen LogP contribution in [0.25, 0.3) is 0 Å². The quantitative estimate of drug-likeness (QED) is 0.804. The van der Waals surface area contributed by atoms with Crippen molar-refractivity contribution in [2.45, 2.75) is 26.4 Å². The van der Waals surface area contributed by atoms with Crippen molar-refractivity contribution in [3.05, 3.63) is 17.8 Å². The summed E-state index contributed by atoms with van der Waals surface area (Å²) in [5.41, 5.74) is 6.28. The van der Waals surface area contributed by atoms with Gasteiger partial charge >= 0.3 is 0 Å². The van der Waals surface area contributed by atoms with Crippen molar-refractivity contribution >= 4 is 5.69 Å². The summed E-state index contributed by atoms with van der Waals surface area (Å²) in [5, 5.41) is 8.65. The lowest BCUT2D eigenvalue weighted by Gasteiger charge is -2.19. The largest absolute Gasteiger partial charge is 0.474 e. The van der Waals surface area contributed by atoms with E-state index in [0.29, 0.717) is 30.3 Å². The number of hydrogen-bond acceptors (Lipinski definition) is 5. The third-order valence-electron chi connectivity index (χ3n) is 1.87. The van der Waals surface area contributed by atoms with E-state index >= 15 is 0 Å². The molecule has 0 aliphatic carbocycles. The molecule has 0 aliphatic heterocycles. The first-order valence-corrected chi connectivity index (χ1v) is 5.35. The maximum absolute atomic E-state index is 8.65. The number of hydrogen-bond donors (Lipinski definition) is 1.